The van der Waals surface area contributed by atoms with Crippen molar-refractivity contribution in [2.75, 3.05) is 11.9 Å². The van der Waals surface area contributed by atoms with Gasteiger partial charge in [-0.3, -0.25) is 9.78 Å². The Balaban J connectivity index is 1.91. The second kappa shape index (κ2) is 5.14. The first-order valence-electron chi connectivity index (χ1n) is 6.08. The molecule has 3 N–H and O–H groups in total. The Morgan fingerprint density at radius 3 is 2.84 bits per heavy atom. The van der Waals surface area contributed by atoms with E-state index in [1.165, 1.54) is 0 Å². The highest BCUT2D eigenvalue weighted by Crippen LogP contribution is 2.17. The van der Waals surface area contributed by atoms with Crippen molar-refractivity contribution in [3.8, 4) is 0 Å². The third-order valence-electron chi connectivity index (χ3n) is 3.05. The topological polar surface area (TPSA) is 69.8 Å². The number of aromatic amines is 1. The molecule has 0 radical (unpaired) electrons. The Kier molecular flexibility index (Phi) is 3.35. The van der Waals surface area contributed by atoms with Gasteiger partial charge in [0, 0.05) is 29.7 Å². The number of H-pyrrole nitrogens is 1. The molecular weight excluding hydrogens is 308 g/mol. The average molecular weight is 321 g/mol. The van der Waals surface area contributed by atoms with Crippen molar-refractivity contribution in [2.45, 2.75) is 13.0 Å². The first-order valence-corrected chi connectivity index (χ1v) is 6.87. The Morgan fingerprint density at radius 2 is 2.05 bits per heavy atom. The predicted octanol–water partition coefficient (Wildman–Crippen LogP) is 1.92. The molecular formula is C13H13BrN4O. The van der Waals surface area contributed by atoms with Gasteiger partial charge in [0.2, 0.25) is 5.95 Å². The highest BCUT2D eigenvalue weighted by atomic mass is 79.9. The Labute approximate surface area is 118 Å². The standard InChI is InChI=1S/C13H13BrN4O/c14-8-1-3-9(4-2-8)16-13-17-11-5-6-15-7-10(11)12(19)18-13/h1-4,15H,5-7H2,(H2,16,17,18,19). The molecule has 19 heavy (non-hydrogen) atoms. The highest BCUT2D eigenvalue weighted by Gasteiger charge is 2.14. The quantitative estimate of drug-likeness (QED) is 0.790. The van der Waals surface area contributed by atoms with Crippen LogP contribution in [-0.2, 0) is 13.0 Å². The second-order valence-electron chi connectivity index (χ2n) is 4.40. The zero-order valence-electron chi connectivity index (χ0n) is 10.2. The predicted molar refractivity (Wildman–Crippen MR) is 77.7 cm³/mol. The smallest absolute Gasteiger partial charge is 0.257 e. The SMILES string of the molecule is O=c1[nH]c(Nc2ccc(Br)cc2)nc2c1CNCC2. The highest BCUT2D eigenvalue weighted by molar-refractivity contribution is 9.10. The molecule has 1 aliphatic rings. The van der Waals surface area contributed by atoms with E-state index in [-0.39, 0.29) is 5.56 Å². The number of halogens is 1. The molecule has 0 atom stereocenters. The minimum absolute atomic E-state index is 0.0724. The van der Waals surface area contributed by atoms with E-state index in [1.54, 1.807) is 0 Å². The molecule has 98 valence electrons. The van der Waals surface area contributed by atoms with Gasteiger partial charge in [-0.15, -0.1) is 0 Å². The summed E-state index contributed by atoms with van der Waals surface area (Å²) in [6.45, 7) is 1.46. The van der Waals surface area contributed by atoms with E-state index in [2.05, 4.69) is 36.5 Å². The summed E-state index contributed by atoms with van der Waals surface area (Å²) in [5.41, 5.74) is 2.44. The maximum atomic E-state index is 11.9. The molecule has 6 heteroatoms. The van der Waals surface area contributed by atoms with Crippen molar-refractivity contribution < 1.29 is 0 Å². The van der Waals surface area contributed by atoms with Crippen LogP contribution in [0.25, 0.3) is 0 Å². The summed E-state index contributed by atoms with van der Waals surface area (Å²) in [5.74, 6) is 0.493. The van der Waals surface area contributed by atoms with Gasteiger partial charge in [-0.25, -0.2) is 4.98 Å². The Bertz CT molecular complexity index is 651. The number of aromatic nitrogens is 2. The first-order chi connectivity index (χ1) is 9.22. The van der Waals surface area contributed by atoms with E-state index < -0.39 is 0 Å². The summed E-state index contributed by atoms with van der Waals surface area (Å²) < 4.78 is 1.01. The molecule has 0 aliphatic carbocycles. The van der Waals surface area contributed by atoms with E-state index in [1.807, 2.05) is 24.3 Å². The van der Waals surface area contributed by atoms with Crippen LogP contribution in [0.5, 0.6) is 0 Å². The third-order valence-corrected chi connectivity index (χ3v) is 3.58. The van der Waals surface area contributed by atoms with Crippen LogP contribution >= 0.6 is 15.9 Å². The zero-order valence-corrected chi connectivity index (χ0v) is 11.8. The molecule has 0 bridgehead atoms. The summed E-state index contributed by atoms with van der Waals surface area (Å²) in [6, 6.07) is 7.71. The first kappa shape index (κ1) is 12.4. The monoisotopic (exact) mass is 320 g/mol. The molecule has 2 aromatic rings. The van der Waals surface area contributed by atoms with Gasteiger partial charge in [-0.05, 0) is 24.3 Å². The molecule has 1 aromatic heterocycles. The lowest BCUT2D eigenvalue weighted by Gasteiger charge is -2.16. The summed E-state index contributed by atoms with van der Waals surface area (Å²) in [5, 5.41) is 6.29. The molecule has 2 heterocycles. The Morgan fingerprint density at radius 1 is 1.26 bits per heavy atom. The van der Waals surface area contributed by atoms with E-state index in [0.29, 0.717) is 12.5 Å². The van der Waals surface area contributed by atoms with Crippen LogP contribution in [0.2, 0.25) is 0 Å². The number of nitrogens with one attached hydrogen (secondary N) is 3. The fraction of sp³-hybridized carbons (Fsp3) is 0.231. The lowest BCUT2D eigenvalue weighted by molar-refractivity contribution is 0.621. The van der Waals surface area contributed by atoms with Crippen LogP contribution in [0, 0.1) is 0 Å². The van der Waals surface area contributed by atoms with Gasteiger partial charge < -0.3 is 10.6 Å². The number of hydrogen-bond donors (Lipinski definition) is 3. The van der Waals surface area contributed by atoms with Crippen LogP contribution < -0.4 is 16.2 Å². The number of anilines is 2. The van der Waals surface area contributed by atoms with Crippen LogP contribution in [0.15, 0.2) is 33.5 Å². The van der Waals surface area contributed by atoms with E-state index in [0.717, 1.165) is 34.4 Å². The van der Waals surface area contributed by atoms with E-state index in [9.17, 15) is 4.79 Å². The molecule has 1 aromatic carbocycles. The molecule has 0 saturated carbocycles. The van der Waals surface area contributed by atoms with Crippen molar-refractivity contribution in [2.24, 2.45) is 0 Å². The summed E-state index contributed by atoms with van der Waals surface area (Å²) in [7, 11) is 0. The van der Waals surface area contributed by atoms with Gasteiger partial charge in [0.1, 0.15) is 0 Å². The number of benzene rings is 1. The maximum absolute atomic E-state index is 11.9. The summed E-state index contributed by atoms with van der Waals surface area (Å²) >= 11 is 3.38. The third kappa shape index (κ3) is 2.69. The summed E-state index contributed by atoms with van der Waals surface area (Å²) in [4.78, 5) is 19.2. The van der Waals surface area contributed by atoms with E-state index in [4.69, 9.17) is 0 Å². The molecule has 0 fully saturated rings. The van der Waals surface area contributed by atoms with Gasteiger partial charge in [-0.1, -0.05) is 15.9 Å². The fourth-order valence-corrected chi connectivity index (χ4v) is 2.35. The molecule has 3 rings (SSSR count). The zero-order chi connectivity index (χ0) is 13.2. The largest absolute Gasteiger partial charge is 0.326 e. The van der Waals surface area contributed by atoms with Crippen LogP contribution in [0.1, 0.15) is 11.3 Å². The van der Waals surface area contributed by atoms with Gasteiger partial charge in [0.25, 0.3) is 5.56 Å². The normalized spacial score (nSPS) is 13.9. The van der Waals surface area contributed by atoms with Crippen LogP contribution in [-0.4, -0.2) is 16.5 Å². The number of rotatable bonds is 2. The van der Waals surface area contributed by atoms with Gasteiger partial charge in [0.05, 0.1) is 11.3 Å². The van der Waals surface area contributed by atoms with Crippen molar-refractivity contribution in [3.05, 3.63) is 50.3 Å². The molecule has 5 nitrogen and oxygen atoms in total. The lowest BCUT2D eigenvalue weighted by atomic mass is 10.1. The number of nitrogens with zero attached hydrogens (tertiary/aromatic N) is 1. The van der Waals surface area contributed by atoms with Crippen molar-refractivity contribution >= 4 is 27.6 Å². The molecule has 0 spiro atoms. The van der Waals surface area contributed by atoms with Crippen molar-refractivity contribution in [1.29, 1.82) is 0 Å². The fourth-order valence-electron chi connectivity index (χ4n) is 2.08. The minimum Gasteiger partial charge on any atom is -0.326 e. The van der Waals surface area contributed by atoms with Gasteiger partial charge >= 0.3 is 0 Å². The average Bonchev–Trinajstić information content (AvgIpc) is 2.42. The second-order valence-corrected chi connectivity index (χ2v) is 5.31. The Hall–Kier alpha value is -1.66. The van der Waals surface area contributed by atoms with Gasteiger partial charge in [-0.2, -0.15) is 0 Å². The molecule has 0 unspecified atom stereocenters. The summed E-state index contributed by atoms with van der Waals surface area (Å²) in [6.07, 6.45) is 0.786. The van der Waals surface area contributed by atoms with Gasteiger partial charge in [0.15, 0.2) is 0 Å². The number of fused-ring (bicyclic) bond motifs is 1. The van der Waals surface area contributed by atoms with Crippen LogP contribution in [0.3, 0.4) is 0 Å². The lowest BCUT2D eigenvalue weighted by Crippen LogP contribution is -2.31. The molecule has 1 aliphatic heterocycles. The number of hydrogen-bond acceptors (Lipinski definition) is 4. The maximum Gasteiger partial charge on any atom is 0.257 e. The minimum atomic E-state index is -0.0724. The van der Waals surface area contributed by atoms with E-state index >= 15 is 0 Å². The molecule has 0 amide bonds. The van der Waals surface area contributed by atoms with Crippen LogP contribution in [0.4, 0.5) is 11.6 Å². The van der Waals surface area contributed by atoms with Crippen molar-refractivity contribution in [1.82, 2.24) is 15.3 Å². The molecule has 0 saturated heterocycles. The van der Waals surface area contributed by atoms with Crippen molar-refractivity contribution in [3.63, 3.8) is 0 Å².